The van der Waals surface area contributed by atoms with Gasteiger partial charge in [0.2, 0.25) is 0 Å². The number of pyridine rings is 2. The molecule has 0 aliphatic carbocycles. The lowest BCUT2D eigenvalue weighted by atomic mass is 10.1. The maximum atomic E-state index is 12.5. The molecule has 3 aromatic rings. The first kappa shape index (κ1) is 16.9. The number of nitrogens with one attached hydrogen (secondary N) is 1. The number of aryl methyl sites for hydroxylation is 1. The lowest BCUT2D eigenvalue weighted by Crippen LogP contribution is -2.23. The van der Waals surface area contributed by atoms with Gasteiger partial charge in [-0.3, -0.25) is 14.8 Å². The van der Waals surface area contributed by atoms with Crippen LogP contribution in [-0.2, 0) is 12.7 Å². The molecule has 0 aliphatic rings. The van der Waals surface area contributed by atoms with Crippen LogP contribution in [0.15, 0.2) is 48.8 Å². The van der Waals surface area contributed by atoms with Gasteiger partial charge in [-0.15, -0.1) is 0 Å². The average Bonchev–Trinajstić information content (AvgIpc) is 2.58. The fourth-order valence-corrected chi connectivity index (χ4v) is 2.35. The Morgan fingerprint density at radius 3 is 2.56 bits per heavy atom. The fourth-order valence-electron chi connectivity index (χ4n) is 2.35. The molecule has 1 aromatic carbocycles. The van der Waals surface area contributed by atoms with E-state index in [1.54, 1.807) is 24.4 Å². The SMILES string of the molecule is Cc1cnc2ccc(C(=O)NCc3ccc(C(F)(F)F)cn3)cc2c1. The molecule has 0 saturated carbocycles. The highest BCUT2D eigenvalue weighted by Gasteiger charge is 2.30. The van der Waals surface area contributed by atoms with E-state index < -0.39 is 11.7 Å². The first-order chi connectivity index (χ1) is 11.8. The van der Waals surface area contributed by atoms with Crippen LogP contribution < -0.4 is 5.32 Å². The number of hydrogen-bond acceptors (Lipinski definition) is 3. The van der Waals surface area contributed by atoms with Crippen molar-refractivity contribution in [2.24, 2.45) is 0 Å². The van der Waals surface area contributed by atoms with E-state index in [2.05, 4.69) is 15.3 Å². The standard InChI is InChI=1S/C18H14F3N3O/c1-11-6-13-7-12(2-5-16(13)23-8-11)17(25)24-10-15-4-3-14(9-22-15)18(19,20)21/h2-9H,10H2,1H3,(H,24,25). The van der Waals surface area contributed by atoms with Crippen molar-refractivity contribution >= 4 is 16.8 Å². The second-order valence-corrected chi connectivity index (χ2v) is 5.64. The van der Waals surface area contributed by atoms with E-state index in [1.165, 1.54) is 6.07 Å². The number of rotatable bonds is 3. The zero-order valence-electron chi connectivity index (χ0n) is 13.3. The molecule has 0 bridgehead atoms. The molecule has 4 nitrogen and oxygen atoms in total. The van der Waals surface area contributed by atoms with Gasteiger partial charge in [-0.05, 0) is 48.9 Å². The summed E-state index contributed by atoms with van der Waals surface area (Å²) < 4.78 is 37.5. The van der Waals surface area contributed by atoms with E-state index in [4.69, 9.17) is 0 Å². The van der Waals surface area contributed by atoms with Crippen molar-refractivity contribution in [1.29, 1.82) is 0 Å². The molecular formula is C18H14F3N3O. The number of carbonyl (C=O) groups is 1. The largest absolute Gasteiger partial charge is 0.417 e. The summed E-state index contributed by atoms with van der Waals surface area (Å²) in [5.74, 6) is -0.329. The predicted octanol–water partition coefficient (Wildman–Crippen LogP) is 3.89. The van der Waals surface area contributed by atoms with E-state index in [0.717, 1.165) is 28.7 Å². The molecule has 0 saturated heterocycles. The van der Waals surface area contributed by atoms with Crippen molar-refractivity contribution in [3.63, 3.8) is 0 Å². The van der Waals surface area contributed by atoms with Gasteiger partial charge in [-0.2, -0.15) is 13.2 Å². The van der Waals surface area contributed by atoms with Crippen molar-refractivity contribution in [3.05, 3.63) is 71.2 Å². The molecule has 7 heteroatoms. The number of hydrogen-bond donors (Lipinski definition) is 1. The van der Waals surface area contributed by atoms with Crippen molar-refractivity contribution in [2.45, 2.75) is 19.6 Å². The van der Waals surface area contributed by atoms with E-state index in [1.807, 2.05) is 13.0 Å². The summed E-state index contributed by atoms with van der Waals surface area (Å²) in [7, 11) is 0. The zero-order valence-corrected chi connectivity index (χ0v) is 13.3. The van der Waals surface area contributed by atoms with Gasteiger partial charge in [-0.1, -0.05) is 0 Å². The van der Waals surface area contributed by atoms with Gasteiger partial charge in [0.1, 0.15) is 0 Å². The second-order valence-electron chi connectivity index (χ2n) is 5.64. The van der Waals surface area contributed by atoms with Crippen LogP contribution >= 0.6 is 0 Å². The maximum Gasteiger partial charge on any atom is 0.417 e. The number of carbonyl (C=O) groups excluding carboxylic acids is 1. The van der Waals surface area contributed by atoms with Gasteiger partial charge < -0.3 is 5.32 Å². The van der Waals surface area contributed by atoms with Gasteiger partial charge in [-0.25, -0.2) is 0 Å². The first-order valence-electron chi connectivity index (χ1n) is 7.50. The fraction of sp³-hybridized carbons (Fsp3) is 0.167. The molecule has 25 heavy (non-hydrogen) atoms. The van der Waals surface area contributed by atoms with Crippen LogP contribution in [0, 0.1) is 6.92 Å². The van der Waals surface area contributed by atoms with Crippen molar-refractivity contribution < 1.29 is 18.0 Å². The molecule has 0 fully saturated rings. The lowest BCUT2D eigenvalue weighted by Gasteiger charge is -2.08. The van der Waals surface area contributed by atoms with E-state index in [9.17, 15) is 18.0 Å². The summed E-state index contributed by atoms with van der Waals surface area (Å²) in [5.41, 5.74) is 1.75. The van der Waals surface area contributed by atoms with Crippen molar-refractivity contribution in [3.8, 4) is 0 Å². The summed E-state index contributed by atoms with van der Waals surface area (Å²) >= 11 is 0. The predicted molar refractivity (Wildman–Crippen MR) is 86.9 cm³/mol. The minimum absolute atomic E-state index is 0.0427. The molecule has 0 radical (unpaired) electrons. The molecule has 1 amide bonds. The monoisotopic (exact) mass is 345 g/mol. The number of benzene rings is 1. The highest BCUT2D eigenvalue weighted by molar-refractivity contribution is 5.97. The van der Waals surface area contributed by atoms with Crippen molar-refractivity contribution in [2.75, 3.05) is 0 Å². The van der Waals surface area contributed by atoms with E-state index in [-0.39, 0.29) is 12.5 Å². The number of alkyl halides is 3. The average molecular weight is 345 g/mol. The highest BCUT2D eigenvalue weighted by atomic mass is 19.4. The van der Waals surface area contributed by atoms with Crippen LogP contribution in [0.2, 0.25) is 0 Å². The quantitative estimate of drug-likeness (QED) is 0.784. The Morgan fingerprint density at radius 1 is 1.08 bits per heavy atom. The molecule has 0 unspecified atom stereocenters. The van der Waals surface area contributed by atoms with E-state index >= 15 is 0 Å². The van der Waals surface area contributed by atoms with Gasteiger partial charge in [0.25, 0.3) is 5.91 Å². The van der Waals surface area contributed by atoms with Crippen LogP contribution in [-0.4, -0.2) is 15.9 Å². The van der Waals surface area contributed by atoms with Crippen molar-refractivity contribution in [1.82, 2.24) is 15.3 Å². The third-order valence-corrected chi connectivity index (χ3v) is 3.66. The number of aromatic nitrogens is 2. The Labute approximate surface area is 141 Å². The minimum Gasteiger partial charge on any atom is -0.346 e. The second kappa shape index (κ2) is 6.51. The first-order valence-corrected chi connectivity index (χ1v) is 7.50. The zero-order chi connectivity index (χ0) is 18.0. The molecule has 0 aliphatic heterocycles. The molecule has 1 N–H and O–H groups in total. The molecule has 3 rings (SSSR count). The van der Waals surface area contributed by atoms with Crippen LogP contribution in [0.3, 0.4) is 0 Å². The van der Waals surface area contributed by atoms with Crippen LogP contribution in [0.1, 0.15) is 27.2 Å². The Kier molecular flexibility index (Phi) is 4.39. The van der Waals surface area contributed by atoms with Crippen LogP contribution in [0.5, 0.6) is 0 Å². The molecule has 0 spiro atoms. The minimum atomic E-state index is -4.42. The van der Waals surface area contributed by atoms with Gasteiger partial charge >= 0.3 is 6.18 Å². The van der Waals surface area contributed by atoms with E-state index in [0.29, 0.717) is 11.3 Å². The Bertz CT molecular complexity index is 921. The maximum absolute atomic E-state index is 12.5. The summed E-state index contributed by atoms with van der Waals surface area (Å²) in [5, 5.41) is 3.50. The van der Waals surface area contributed by atoms with Gasteiger partial charge in [0, 0.05) is 23.3 Å². The topological polar surface area (TPSA) is 54.9 Å². The Balaban J connectivity index is 1.70. The molecule has 0 atom stereocenters. The molecular weight excluding hydrogens is 331 g/mol. The lowest BCUT2D eigenvalue weighted by molar-refractivity contribution is -0.137. The van der Waals surface area contributed by atoms with Gasteiger partial charge in [0.15, 0.2) is 0 Å². The number of amides is 1. The summed E-state index contributed by atoms with van der Waals surface area (Å²) in [6.45, 7) is 1.95. The number of halogens is 3. The summed E-state index contributed by atoms with van der Waals surface area (Å²) in [4.78, 5) is 20.2. The normalized spacial score (nSPS) is 11.5. The molecule has 2 heterocycles. The Hall–Kier alpha value is -2.96. The number of fused-ring (bicyclic) bond motifs is 1. The molecule has 128 valence electrons. The number of nitrogens with zero attached hydrogens (tertiary/aromatic N) is 2. The summed E-state index contributed by atoms with van der Waals surface area (Å²) in [6.07, 6.45) is -1.92. The van der Waals surface area contributed by atoms with Crippen LogP contribution in [0.4, 0.5) is 13.2 Å². The summed E-state index contributed by atoms with van der Waals surface area (Å²) in [6, 6.07) is 9.25. The third-order valence-electron chi connectivity index (χ3n) is 3.66. The Morgan fingerprint density at radius 2 is 1.88 bits per heavy atom. The van der Waals surface area contributed by atoms with Gasteiger partial charge in [0.05, 0.1) is 23.3 Å². The smallest absolute Gasteiger partial charge is 0.346 e. The van der Waals surface area contributed by atoms with Crippen LogP contribution in [0.25, 0.3) is 10.9 Å². The molecule has 2 aromatic heterocycles. The highest BCUT2D eigenvalue weighted by Crippen LogP contribution is 2.28. The third kappa shape index (κ3) is 3.93.